The Bertz CT molecular complexity index is 447. The van der Waals surface area contributed by atoms with Crippen molar-refractivity contribution in [3.8, 4) is 0 Å². The van der Waals surface area contributed by atoms with Gasteiger partial charge in [-0.15, -0.1) is 0 Å². The maximum absolute atomic E-state index is 13.5. The summed E-state index contributed by atoms with van der Waals surface area (Å²) in [7, 11) is 0. The first-order chi connectivity index (χ1) is 8.21. The van der Waals surface area contributed by atoms with Gasteiger partial charge in [0.2, 0.25) is 5.91 Å². The van der Waals surface area contributed by atoms with Gasteiger partial charge in [0.15, 0.2) is 0 Å². The zero-order valence-corrected chi connectivity index (χ0v) is 10.5. The van der Waals surface area contributed by atoms with E-state index in [0.717, 1.165) is 6.07 Å². The van der Waals surface area contributed by atoms with Crippen molar-refractivity contribution in [2.24, 2.45) is 16.9 Å². The maximum Gasteiger partial charge on any atom is 0.217 e. The van der Waals surface area contributed by atoms with Crippen LogP contribution in [-0.4, -0.2) is 5.91 Å². The van der Waals surface area contributed by atoms with E-state index in [9.17, 15) is 13.6 Å². The van der Waals surface area contributed by atoms with Crippen molar-refractivity contribution in [3.05, 3.63) is 35.4 Å². The normalized spacial score (nSPS) is 13.4. The quantitative estimate of drug-likeness (QED) is 0.848. The second-order valence-electron chi connectivity index (χ2n) is 5.28. The van der Waals surface area contributed by atoms with Gasteiger partial charge in [0, 0.05) is 24.1 Å². The van der Waals surface area contributed by atoms with Crippen LogP contribution in [0.1, 0.15) is 38.3 Å². The molecular formula is C13H18F2N2O. The fraction of sp³-hybridized carbons (Fsp3) is 0.462. The summed E-state index contributed by atoms with van der Waals surface area (Å²) >= 11 is 0. The third-order valence-electron chi connectivity index (χ3n) is 2.79. The lowest BCUT2D eigenvalue weighted by Gasteiger charge is -2.27. The van der Waals surface area contributed by atoms with Gasteiger partial charge in [0.25, 0.3) is 0 Å². The number of benzene rings is 1. The minimum atomic E-state index is -0.669. The third kappa shape index (κ3) is 4.07. The second kappa shape index (κ2) is 5.44. The molecule has 5 heteroatoms. The van der Waals surface area contributed by atoms with E-state index in [1.807, 2.05) is 13.8 Å². The van der Waals surface area contributed by atoms with Crippen molar-refractivity contribution in [1.29, 1.82) is 0 Å². The van der Waals surface area contributed by atoms with Gasteiger partial charge in [-0.2, -0.15) is 0 Å². The van der Waals surface area contributed by atoms with E-state index in [-0.39, 0.29) is 12.0 Å². The largest absolute Gasteiger partial charge is 0.370 e. The van der Waals surface area contributed by atoms with Crippen LogP contribution in [0.15, 0.2) is 18.2 Å². The molecule has 1 aromatic carbocycles. The smallest absolute Gasteiger partial charge is 0.217 e. The Morgan fingerprint density at radius 3 is 2.50 bits per heavy atom. The van der Waals surface area contributed by atoms with Gasteiger partial charge in [0.1, 0.15) is 11.6 Å². The summed E-state index contributed by atoms with van der Waals surface area (Å²) in [6, 6.07) is 2.70. The molecule has 3 nitrogen and oxygen atoms in total. The Hall–Kier alpha value is -1.49. The van der Waals surface area contributed by atoms with E-state index >= 15 is 0 Å². The monoisotopic (exact) mass is 256 g/mol. The fourth-order valence-corrected chi connectivity index (χ4v) is 2.05. The topological polar surface area (TPSA) is 69.1 Å². The van der Waals surface area contributed by atoms with Gasteiger partial charge in [-0.3, -0.25) is 4.79 Å². The highest BCUT2D eigenvalue weighted by Crippen LogP contribution is 2.32. The Morgan fingerprint density at radius 2 is 2.00 bits per heavy atom. The first-order valence-electron chi connectivity index (χ1n) is 5.70. The highest BCUT2D eigenvalue weighted by atomic mass is 19.1. The van der Waals surface area contributed by atoms with Crippen LogP contribution >= 0.6 is 0 Å². The molecule has 4 N–H and O–H groups in total. The molecule has 0 heterocycles. The molecule has 1 aromatic rings. The summed E-state index contributed by atoms with van der Waals surface area (Å²) in [5.74, 6) is -1.73. The Morgan fingerprint density at radius 1 is 1.39 bits per heavy atom. The number of rotatable bonds is 5. The summed E-state index contributed by atoms with van der Waals surface area (Å²) in [5.41, 5.74) is 10.9. The fourth-order valence-electron chi connectivity index (χ4n) is 2.05. The van der Waals surface area contributed by atoms with Gasteiger partial charge in [-0.1, -0.05) is 19.9 Å². The van der Waals surface area contributed by atoms with Gasteiger partial charge < -0.3 is 11.5 Å². The molecular weight excluding hydrogens is 238 g/mol. The first kappa shape index (κ1) is 14.6. The maximum atomic E-state index is 13.5. The SMILES string of the molecule is CC(C)(CC(N)=O)CC(N)c1ccc(F)cc1F. The summed E-state index contributed by atoms with van der Waals surface area (Å²) < 4.78 is 26.3. The Labute approximate surface area is 105 Å². The number of hydrogen-bond donors (Lipinski definition) is 2. The Balaban J connectivity index is 2.81. The molecule has 0 fully saturated rings. The Kier molecular flexibility index (Phi) is 4.40. The summed E-state index contributed by atoms with van der Waals surface area (Å²) in [5, 5.41) is 0. The molecule has 0 bridgehead atoms. The number of amides is 1. The number of carbonyl (C=O) groups excluding carboxylic acids is 1. The van der Waals surface area contributed by atoms with Gasteiger partial charge in [-0.05, 0) is 17.9 Å². The number of carbonyl (C=O) groups is 1. The zero-order valence-electron chi connectivity index (χ0n) is 10.5. The zero-order chi connectivity index (χ0) is 13.9. The third-order valence-corrected chi connectivity index (χ3v) is 2.79. The van der Waals surface area contributed by atoms with E-state index in [2.05, 4.69) is 0 Å². The van der Waals surface area contributed by atoms with Crippen LogP contribution in [-0.2, 0) is 4.79 Å². The van der Waals surface area contributed by atoms with Crippen molar-refractivity contribution in [2.45, 2.75) is 32.7 Å². The molecule has 0 aliphatic heterocycles. The standard InChI is InChI=1S/C13H18F2N2O/c1-13(2,7-12(17)18)6-11(16)9-4-3-8(14)5-10(9)15/h3-5,11H,6-7,16H2,1-2H3,(H2,17,18). The number of halogens is 2. The predicted octanol–water partition coefficient (Wildman–Crippen LogP) is 2.26. The minimum absolute atomic E-state index is 0.170. The molecule has 100 valence electrons. The van der Waals surface area contributed by atoms with Crippen molar-refractivity contribution in [1.82, 2.24) is 0 Å². The molecule has 1 atom stereocenters. The van der Waals surface area contributed by atoms with Crippen LogP contribution in [0, 0.1) is 17.0 Å². The van der Waals surface area contributed by atoms with Crippen molar-refractivity contribution in [2.75, 3.05) is 0 Å². The second-order valence-corrected chi connectivity index (χ2v) is 5.28. The number of primary amides is 1. The molecule has 1 rings (SSSR count). The van der Waals surface area contributed by atoms with E-state index in [1.54, 1.807) is 0 Å². The van der Waals surface area contributed by atoms with E-state index in [4.69, 9.17) is 11.5 Å². The molecule has 0 spiro atoms. The van der Waals surface area contributed by atoms with Crippen LogP contribution in [0.2, 0.25) is 0 Å². The lowest BCUT2D eigenvalue weighted by molar-refractivity contribution is -0.120. The highest BCUT2D eigenvalue weighted by molar-refractivity contribution is 5.74. The molecule has 0 saturated heterocycles. The van der Waals surface area contributed by atoms with Crippen LogP contribution in [0.3, 0.4) is 0 Å². The van der Waals surface area contributed by atoms with E-state index < -0.39 is 29.0 Å². The van der Waals surface area contributed by atoms with Crippen molar-refractivity contribution in [3.63, 3.8) is 0 Å². The lowest BCUT2D eigenvalue weighted by atomic mass is 9.81. The van der Waals surface area contributed by atoms with Crippen LogP contribution in [0.5, 0.6) is 0 Å². The highest BCUT2D eigenvalue weighted by Gasteiger charge is 2.25. The van der Waals surface area contributed by atoms with E-state index in [0.29, 0.717) is 6.42 Å². The molecule has 18 heavy (non-hydrogen) atoms. The molecule has 0 radical (unpaired) electrons. The number of hydrogen-bond acceptors (Lipinski definition) is 2. The first-order valence-corrected chi connectivity index (χ1v) is 5.70. The molecule has 0 aromatic heterocycles. The minimum Gasteiger partial charge on any atom is -0.370 e. The molecule has 1 amide bonds. The lowest BCUT2D eigenvalue weighted by Crippen LogP contribution is -2.27. The average molecular weight is 256 g/mol. The van der Waals surface area contributed by atoms with Crippen molar-refractivity contribution >= 4 is 5.91 Å². The van der Waals surface area contributed by atoms with Gasteiger partial charge in [0.05, 0.1) is 0 Å². The van der Waals surface area contributed by atoms with E-state index in [1.165, 1.54) is 12.1 Å². The number of nitrogens with two attached hydrogens (primary N) is 2. The molecule has 0 aliphatic rings. The molecule has 0 saturated carbocycles. The summed E-state index contributed by atoms with van der Waals surface area (Å²) in [6.45, 7) is 3.66. The molecule has 0 aliphatic carbocycles. The van der Waals surface area contributed by atoms with Gasteiger partial charge >= 0.3 is 0 Å². The van der Waals surface area contributed by atoms with Crippen LogP contribution in [0.25, 0.3) is 0 Å². The summed E-state index contributed by atoms with van der Waals surface area (Å²) in [6.07, 6.45) is 0.558. The van der Waals surface area contributed by atoms with Crippen molar-refractivity contribution < 1.29 is 13.6 Å². The van der Waals surface area contributed by atoms with Crippen LogP contribution < -0.4 is 11.5 Å². The van der Waals surface area contributed by atoms with Crippen LogP contribution in [0.4, 0.5) is 8.78 Å². The predicted molar refractivity (Wildman–Crippen MR) is 65.5 cm³/mol. The van der Waals surface area contributed by atoms with Gasteiger partial charge in [-0.25, -0.2) is 8.78 Å². The molecule has 1 unspecified atom stereocenters. The summed E-state index contributed by atoms with van der Waals surface area (Å²) in [4.78, 5) is 10.9. The average Bonchev–Trinajstić information content (AvgIpc) is 2.13.